The average Bonchev–Trinajstić information content (AvgIpc) is 2.63. The fourth-order valence-electron chi connectivity index (χ4n) is 1.12. The van der Waals surface area contributed by atoms with Gasteiger partial charge in [0.05, 0.1) is 18.8 Å². The largest absolute Gasteiger partial charge is 0.320 e. The number of thiophene rings is 1. The molecular weight excluding hydrogens is 436 g/mol. The fraction of sp³-hybridized carbons (Fsp3) is 0. The second-order valence-corrected chi connectivity index (χ2v) is 7.12. The molecule has 7 heteroatoms. The Bertz CT molecular complexity index is 551. The maximum Gasteiger partial charge on any atom is 0.265 e. The lowest BCUT2D eigenvalue weighted by molar-refractivity contribution is 0.103. The molecule has 2 aromatic rings. The third-order valence-electron chi connectivity index (χ3n) is 1.89. The van der Waals surface area contributed by atoms with Crippen LogP contribution in [0.15, 0.2) is 37.3 Å². The van der Waals surface area contributed by atoms with Gasteiger partial charge < -0.3 is 5.32 Å². The van der Waals surface area contributed by atoms with Crippen molar-refractivity contribution in [1.29, 1.82) is 0 Å². The lowest BCUT2D eigenvalue weighted by Crippen LogP contribution is -2.10. The molecule has 0 aliphatic rings. The third-order valence-corrected chi connectivity index (χ3v) is 5.78. The Morgan fingerprint density at radius 3 is 2.65 bits per heavy atom. The van der Waals surface area contributed by atoms with Gasteiger partial charge in [0.2, 0.25) is 0 Å². The second kappa shape index (κ2) is 5.60. The van der Waals surface area contributed by atoms with Crippen LogP contribution in [-0.4, -0.2) is 10.9 Å². The van der Waals surface area contributed by atoms with Crippen LogP contribution >= 0.6 is 59.1 Å². The first-order chi connectivity index (χ1) is 8.08. The summed E-state index contributed by atoms with van der Waals surface area (Å²) in [6, 6.07) is 3.51. The number of pyridine rings is 1. The minimum absolute atomic E-state index is 0.145. The molecule has 0 radical (unpaired) electrons. The standard InChI is InChI=1S/C10H5Br3N2OS/c11-5-3-8(17-9(5)13)10(16)15-7-1-2-14-4-6(7)12/h1-4H,(H,14,15,16). The quantitative estimate of drug-likeness (QED) is 0.736. The summed E-state index contributed by atoms with van der Waals surface area (Å²) in [5, 5.41) is 2.81. The molecule has 0 atom stereocenters. The summed E-state index contributed by atoms with van der Waals surface area (Å²) in [4.78, 5) is 16.5. The molecule has 0 aromatic carbocycles. The molecule has 0 unspecified atom stereocenters. The average molecular weight is 441 g/mol. The van der Waals surface area contributed by atoms with Gasteiger partial charge in [0.25, 0.3) is 5.91 Å². The highest BCUT2D eigenvalue weighted by Gasteiger charge is 2.13. The molecule has 0 fully saturated rings. The number of rotatable bonds is 2. The van der Waals surface area contributed by atoms with E-state index < -0.39 is 0 Å². The highest BCUT2D eigenvalue weighted by Crippen LogP contribution is 2.33. The monoisotopic (exact) mass is 438 g/mol. The zero-order valence-corrected chi connectivity index (χ0v) is 13.8. The van der Waals surface area contributed by atoms with Crippen LogP contribution in [0.3, 0.4) is 0 Å². The number of carbonyl (C=O) groups excluding carboxylic acids is 1. The van der Waals surface area contributed by atoms with Crippen LogP contribution in [0.2, 0.25) is 0 Å². The molecule has 0 bridgehead atoms. The zero-order chi connectivity index (χ0) is 12.4. The van der Waals surface area contributed by atoms with E-state index in [2.05, 4.69) is 58.1 Å². The van der Waals surface area contributed by atoms with E-state index in [0.717, 1.165) is 12.7 Å². The van der Waals surface area contributed by atoms with Crippen molar-refractivity contribution in [2.45, 2.75) is 0 Å². The number of amides is 1. The number of anilines is 1. The Kier molecular flexibility index (Phi) is 4.35. The molecule has 17 heavy (non-hydrogen) atoms. The third kappa shape index (κ3) is 3.15. The van der Waals surface area contributed by atoms with E-state index in [9.17, 15) is 4.79 Å². The van der Waals surface area contributed by atoms with Crippen molar-refractivity contribution in [3.63, 3.8) is 0 Å². The van der Waals surface area contributed by atoms with Gasteiger partial charge in [-0.05, 0) is 59.9 Å². The SMILES string of the molecule is O=C(Nc1ccncc1Br)c1cc(Br)c(Br)s1. The molecule has 2 rings (SSSR count). The van der Waals surface area contributed by atoms with Crippen LogP contribution in [0, 0.1) is 0 Å². The number of carbonyl (C=O) groups is 1. The highest BCUT2D eigenvalue weighted by molar-refractivity contribution is 9.13. The Labute approximate surface area is 127 Å². The minimum atomic E-state index is -0.145. The summed E-state index contributed by atoms with van der Waals surface area (Å²) in [6.45, 7) is 0. The van der Waals surface area contributed by atoms with Gasteiger partial charge in [-0.15, -0.1) is 11.3 Å². The van der Waals surface area contributed by atoms with Crippen molar-refractivity contribution in [1.82, 2.24) is 4.98 Å². The van der Waals surface area contributed by atoms with E-state index in [1.165, 1.54) is 11.3 Å². The number of aromatic nitrogens is 1. The lowest BCUT2D eigenvalue weighted by atomic mass is 10.4. The molecule has 0 aliphatic heterocycles. The first-order valence-corrected chi connectivity index (χ1v) is 7.63. The van der Waals surface area contributed by atoms with Crippen molar-refractivity contribution < 1.29 is 4.79 Å². The number of nitrogens with one attached hydrogen (secondary N) is 1. The molecule has 2 heterocycles. The van der Waals surface area contributed by atoms with E-state index in [-0.39, 0.29) is 5.91 Å². The molecule has 1 N–H and O–H groups in total. The van der Waals surface area contributed by atoms with Crippen molar-refractivity contribution >= 4 is 70.7 Å². The van der Waals surface area contributed by atoms with Crippen molar-refractivity contribution in [2.24, 2.45) is 0 Å². The summed E-state index contributed by atoms with van der Waals surface area (Å²) in [7, 11) is 0. The van der Waals surface area contributed by atoms with Crippen molar-refractivity contribution in [2.75, 3.05) is 5.32 Å². The van der Waals surface area contributed by atoms with Crippen LogP contribution in [0.4, 0.5) is 5.69 Å². The molecule has 3 nitrogen and oxygen atoms in total. The van der Waals surface area contributed by atoms with Crippen LogP contribution in [-0.2, 0) is 0 Å². The van der Waals surface area contributed by atoms with Gasteiger partial charge >= 0.3 is 0 Å². The maximum absolute atomic E-state index is 11.9. The maximum atomic E-state index is 11.9. The molecule has 0 saturated carbocycles. The molecule has 0 saturated heterocycles. The normalized spacial score (nSPS) is 10.3. The molecule has 0 aliphatic carbocycles. The van der Waals surface area contributed by atoms with Gasteiger partial charge in [-0.2, -0.15) is 0 Å². The molecule has 1 amide bonds. The Morgan fingerprint density at radius 2 is 2.06 bits per heavy atom. The first kappa shape index (κ1) is 13.2. The summed E-state index contributed by atoms with van der Waals surface area (Å²) in [6.07, 6.45) is 3.26. The smallest absolute Gasteiger partial charge is 0.265 e. The predicted octanol–water partition coefficient (Wildman–Crippen LogP) is 4.68. The van der Waals surface area contributed by atoms with Crippen molar-refractivity contribution in [3.05, 3.63) is 42.1 Å². The molecular formula is C10H5Br3N2OS. The molecule has 2 aromatic heterocycles. The Balaban J connectivity index is 2.20. The Hall–Kier alpha value is -0.240. The first-order valence-electron chi connectivity index (χ1n) is 4.43. The van der Waals surface area contributed by atoms with E-state index in [1.807, 2.05) is 0 Å². The van der Waals surface area contributed by atoms with E-state index >= 15 is 0 Å². The van der Waals surface area contributed by atoms with Crippen LogP contribution in [0.1, 0.15) is 9.67 Å². The summed E-state index contributed by atoms with van der Waals surface area (Å²) in [5.74, 6) is -0.145. The van der Waals surface area contributed by atoms with Gasteiger partial charge in [-0.1, -0.05) is 0 Å². The highest BCUT2D eigenvalue weighted by atomic mass is 79.9. The Morgan fingerprint density at radius 1 is 1.29 bits per heavy atom. The van der Waals surface area contributed by atoms with Crippen LogP contribution < -0.4 is 5.32 Å². The van der Waals surface area contributed by atoms with Crippen molar-refractivity contribution in [3.8, 4) is 0 Å². The second-order valence-electron chi connectivity index (χ2n) is 3.04. The van der Waals surface area contributed by atoms with Gasteiger partial charge in [-0.25, -0.2) is 0 Å². The van der Waals surface area contributed by atoms with E-state index in [0.29, 0.717) is 10.6 Å². The van der Waals surface area contributed by atoms with Gasteiger partial charge in [0, 0.05) is 16.9 Å². The van der Waals surface area contributed by atoms with Gasteiger partial charge in [0.1, 0.15) is 0 Å². The topological polar surface area (TPSA) is 42.0 Å². The number of nitrogens with zero attached hydrogens (tertiary/aromatic N) is 1. The predicted molar refractivity (Wildman–Crippen MR) is 79.6 cm³/mol. The van der Waals surface area contributed by atoms with Gasteiger partial charge in [0.15, 0.2) is 0 Å². The van der Waals surface area contributed by atoms with Crippen LogP contribution in [0.5, 0.6) is 0 Å². The molecule has 0 spiro atoms. The summed E-state index contributed by atoms with van der Waals surface area (Å²) < 4.78 is 2.53. The zero-order valence-electron chi connectivity index (χ0n) is 8.21. The number of hydrogen-bond acceptors (Lipinski definition) is 3. The van der Waals surface area contributed by atoms with Gasteiger partial charge in [-0.3, -0.25) is 9.78 Å². The number of hydrogen-bond donors (Lipinski definition) is 1. The van der Waals surface area contributed by atoms with E-state index in [4.69, 9.17) is 0 Å². The summed E-state index contributed by atoms with van der Waals surface area (Å²) >= 11 is 11.4. The number of halogens is 3. The van der Waals surface area contributed by atoms with Crippen LogP contribution in [0.25, 0.3) is 0 Å². The fourth-order valence-corrected chi connectivity index (χ4v) is 3.40. The minimum Gasteiger partial charge on any atom is -0.320 e. The molecule has 88 valence electrons. The lowest BCUT2D eigenvalue weighted by Gasteiger charge is -2.04. The van der Waals surface area contributed by atoms with E-state index in [1.54, 1.807) is 24.5 Å². The summed E-state index contributed by atoms with van der Waals surface area (Å²) in [5.41, 5.74) is 0.700.